The number of likely N-dealkylation sites (tertiary alicyclic amines) is 1. The molecule has 0 aliphatic carbocycles. The first-order chi connectivity index (χ1) is 12.9. The molecule has 3 amide bonds. The zero-order chi connectivity index (χ0) is 19.6. The average molecular weight is 406 g/mol. The predicted molar refractivity (Wildman–Crippen MR) is 106 cm³/mol. The van der Waals surface area contributed by atoms with Gasteiger partial charge in [0.15, 0.2) is 0 Å². The molecule has 2 aromatic rings. The van der Waals surface area contributed by atoms with Crippen LogP contribution in [-0.4, -0.2) is 35.7 Å². The fourth-order valence-electron chi connectivity index (χ4n) is 3.09. The lowest BCUT2D eigenvalue weighted by Gasteiger charge is -2.30. The minimum absolute atomic E-state index is 0.0846. The van der Waals surface area contributed by atoms with E-state index in [0.29, 0.717) is 46.4 Å². The third-order valence-electron chi connectivity index (χ3n) is 4.65. The Bertz CT molecular complexity index is 888. The van der Waals surface area contributed by atoms with E-state index in [4.69, 9.17) is 17.3 Å². The van der Waals surface area contributed by atoms with E-state index in [9.17, 15) is 14.4 Å². The number of anilines is 1. The molecule has 0 spiro atoms. The van der Waals surface area contributed by atoms with E-state index in [2.05, 4.69) is 5.32 Å². The fraction of sp³-hybridized carbons (Fsp3) is 0.316. The number of piperidine rings is 1. The third kappa shape index (κ3) is 4.31. The first-order valence-corrected chi connectivity index (χ1v) is 9.81. The van der Waals surface area contributed by atoms with Gasteiger partial charge in [0.2, 0.25) is 5.91 Å². The molecule has 1 saturated heterocycles. The van der Waals surface area contributed by atoms with Crippen LogP contribution in [0.2, 0.25) is 5.02 Å². The molecule has 1 aromatic carbocycles. The summed E-state index contributed by atoms with van der Waals surface area (Å²) in [6.07, 6.45) is 1.17. The maximum absolute atomic E-state index is 12.8. The number of amides is 3. The summed E-state index contributed by atoms with van der Waals surface area (Å²) < 4.78 is 0. The Morgan fingerprint density at radius 2 is 1.89 bits per heavy atom. The second-order valence-corrected chi connectivity index (χ2v) is 7.98. The van der Waals surface area contributed by atoms with E-state index in [1.807, 2.05) is 6.92 Å². The van der Waals surface area contributed by atoms with Crippen molar-refractivity contribution in [2.45, 2.75) is 19.8 Å². The smallest absolute Gasteiger partial charge is 0.264 e. The van der Waals surface area contributed by atoms with Crippen LogP contribution < -0.4 is 11.1 Å². The van der Waals surface area contributed by atoms with Crippen LogP contribution in [0, 0.1) is 12.8 Å². The number of nitrogens with two attached hydrogens (primary N) is 1. The minimum atomic E-state index is -0.317. The average Bonchev–Trinajstić information content (AvgIpc) is 3.01. The van der Waals surface area contributed by atoms with Gasteiger partial charge in [-0.15, -0.1) is 11.3 Å². The highest BCUT2D eigenvalue weighted by atomic mass is 35.5. The van der Waals surface area contributed by atoms with Crippen molar-refractivity contribution in [3.05, 3.63) is 51.4 Å². The molecule has 2 heterocycles. The second-order valence-electron chi connectivity index (χ2n) is 6.53. The van der Waals surface area contributed by atoms with Gasteiger partial charge in [-0.05, 0) is 43.5 Å². The molecule has 0 unspecified atom stereocenters. The maximum Gasteiger partial charge on any atom is 0.264 e. The maximum atomic E-state index is 12.8. The van der Waals surface area contributed by atoms with Gasteiger partial charge in [-0.25, -0.2) is 0 Å². The van der Waals surface area contributed by atoms with E-state index < -0.39 is 0 Å². The van der Waals surface area contributed by atoms with Crippen LogP contribution in [0.4, 0.5) is 5.00 Å². The van der Waals surface area contributed by atoms with Crippen LogP contribution in [0.3, 0.4) is 0 Å². The first-order valence-electron chi connectivity index (χ1n) is 8.61. The topological polar surface area (TPSA) is 92.5 Å². The number of hydrogen-bond donors (Lipinski definition) is 2. The van der Waals surface area contributed by atoms with Crippen molar-refractivity contribution in [2.24, 2.45) is 11.7 Å². The number of rotatable bonds is 4. The third-order valence-corrected chi connectivity index (χ3v) is 6.12. The molecule has 0 bridgehead atoms. The number of hydrogen-bond acceptors (Lipinski definition) is 4. The Morgan fingerprint density at radius 1 is 1.22 bits per heavy atom. The molecule has 1 aliphatic heterocycles. The summed E-state index contributed by atoms with van der Waals surface area (Å²) in [5.74, 6) is -0.871. The van der Waals surface area contributed by atoms with Gasteiger partial charge >= 0.3 is 0 Å². The van der Waals surface area contributed by atoms with Crippen molar-refractivity contribution >= 4 is 45.7 Å². The summed E-state index contributed by atoms with van der Waals surface area (Å²) in [6.45, 7) is 2.85. The highest BCUT2D eigenvalue weighted by molar-refractivity contribution is 7.18. The number of thiophene rings is 1. The standard InChI is InChI=1S/C19H20ClN3O3S/c1-11-10-15(22-18(25)13-4-2-3-5-14(13)20)27-16(11)19(26)23-8-6-12(7-9-23)17(21)24/h2-5,10,12H,6-9H2,1H3,(H2,21,24)(H,22,25). The van der Waals surface area contributed by atoms with Crippen molar-refractivity contribution in [3.63, 3.8) is 0 Å². The van der Waals surface area contributed by atoms with Gasteiger partial charge < -0.3 is 16.0 Å². The quantitative estimate of drug-likeness (QED) is 0.817. The van der Waals surface area contributed by atoms with E-state index in [1.54, 1.807) is 35.2 Å². The fourth-order valence-corrected chi connectivity index (χ4v) is 4.35. The second kappa shape index (κ2) is 8.10. The van der Waals surface area contributed by atoms with E-state index in [0.717, 1.165) is 5.56 Å². The Morgan fingerprint density at radius 3 is 2.52 bits per heavy atom. The molecule has 0 radical (unpaired) electrons. The number of nitrogens with one attached hydrogen (secondary N) is 1. The predicted octanol–water partition coefficient (Wildman–Crippen LogP) is 3.30. The summed E-state index contributed by atoms with van der Waals surface area (Å²) in [4.78, 5) is 38.8. The SMILES string of the molecule is Cc1cc(NC(=O)c2ccccc2Cl)sc1C(=O)N1CCC(C(N)=O)CC1. The number of carbonyl (C=O) groups is 3. The molecular formula is C19H20ClN3O3S. The molecule has 0 saturated carbocycles. The largest absolute Gasteiger partial charge is 0.369 e. The van der Waals surface area contributed by atoms with Gasteiger partial charge in [0.25, 0.3) is 11.8 Å². The van der Waals surface area contributed by atoms with Crippen LogP contribution >= 0.6 is 22.9 Å². The zero-order valence-corrected chi connectivity index (χ0v) is 16.4. The summed E-state index contributed by atoms with van der Waals surface area (Å²) in [5.41, 5.74) is 6.53. The van der Waals surface area contributed by atoms with Gasteiger partial charge in [0.05, 0.1) is 20.5 Å². The number of nitrogens with zero attached hydrogens (tertiary/aromatic N) is 1. The zero-order valence-electron chi connectivity index (χ0n) is 14.8. The highest BCUT2D eigenvalue weighted by Crippen LogP contribution is 2.30. The number of benzene rings is 1. The minimum Gasteiger partial charge on any atom is -0.369 e. The number of halogens is 1. The highest BCUT2D eigenvalue weighted by Gasteiger charge is 2.28. The summed E-state index contributed by atoms with van der Waals surface area (Å²) in [7, 11) is 0. The van der Waals surface area contributed by atoms with Gasteiger partial charge in [0.1, 0.15) is 0 Å². The molecular weight excluding hydrogens is 386 g/mol. The van der Waals surface area contributed by atoms with Crippen LogP contribution in [-0.2, 0) is 4.79 Å². The Labute approximate surface area is 166 Å². The lowest BCUT2D eigenvalue weighted by Crippen LogP contribution is -2.41. The van der Waals surface area contributed by atoms with Crippen molar-refractivity contribution in [3.8, 4) is 0 Å². The lowest BCUT2D eigenvalue weighted by molar-refractivity contribution is -0.123. The van der Waals surface area contributed by atoms with Gasteiger partial charge in [-0.1, -0.05) is 23.7 Å². The Balaban J connectivity index is 1.69. The van der Waals surface area contributed by atoms with Crippen LogP contribution in [0.25, 0.3) is 0 Å². The van der Waals surface area contributed by atoms with Crippen LogP contribution in [0.5, 0.6) is 0 Å². The first kappa shape index (κ1) is 19.4. The molecule has 3 N–H and O–H groups in total. The summed E-state index contributed by atoms with van der Waals surface area (Å²) in [6, 6.07) is 8.58. The number of aryl methyl sites for hydroxylation is 1. The molecule has 6 nitrogen and oxygen atoms in total. The number of primary amides is 1. The van der Waals surface area contributed by atoms with Gasteiger partial charge in [-0.3, -0.25) is 14.4 Å². The van der Waals surface area contributed by atoms with E-state index in [-0.39, 0.29) is 23.6 Å². The molecule has 8 heteroatoms. The molecule has 0 atom stereocenters. The molecule has 142 valence electrons. The molecule has 1 aromatic heterocycles. The van der Waals surface area contributed by atoms with Crippen molar-refractivity contribution in [1.29, 1.82) is 0 Å². The Kier molecular flexibility index (Phi) is 5.82. The normalized spacial score (nSPS) is 14.8. The monoisotopic (exact) mass is 405 g/mol. The Hall–Kier alpha value is -2.38. The van der Waals surface area contributed by atoms with E-state index in [1.165, 1.54) is 11.3 Å². The van der Waals surface area contributed by atoms with Gasteiger partial charge in [-0.2, -0.15) is 0 Å². The van der Waals surface area contributed by atoms with Crippen LogP contribution in [0.1, 0.15) is 38.4 Å². The van der Waals surface area contributed by atoms with Crippen molar-refractivity contribution in [2.75, 3.05) is 18.4 Å². The summed E-state index contributed by atoms with van der Waals surface area (Å²) in [5, 5.41) is 3.77. The van der Waals surface area contributed by atoms with Gasteiger partial charge in [0, 0.05) is 19.0 Å². The lowest BCUT2D eigenvalue weighted by atomic mass is 9.96. The van der Waals surface area contributed by atoms with Crippen LogP contribution in [0.15, 0.2) is 30.3 Å². The molecule has 3 rings (SSSR count). The van der Waals surface area contributed by atoms with E-state index >= 15 is 0 Å². The molecule has 27 heavy (non-hydrogen) atoms. The summed E-state index contributed by atoms with van der Waals surface area (Å²) >= 11 is 7.30. The molecule has 1 aliphatic rings. The molecule has 1 fully saturated rings. The van der Waals surface area contributed by atoms with Crippen molar-refractivity contribution < 1.29 is 14.4 Å². The van der Waals surface area contributed by atoms with Crippen molar-refractivity contribution in [1.82, 2.24) is 4.90 Å². The number of carbonyl (C=O) groups excluding carboxylic acids is 3.